The lowest BCUT2D eigenvalue weighted by molar-refractivity contribution is -0.140. The Balaban J connectivity index is 2.22. The van der Waals surface area contributed by atoms with E-state index in [0.29, 0.717) is 24.3 Å². The number of methoxy groups -OCH3 is 1. The van der Waals surface area contributed by atoms with Crippen LogP contribution in [-0.2, 0) is 4.79 Å². The van der Waals surface area contributed by atoms with Crippen LogP contribution in [0.1, 0.15) is 28.8 Å². The zero-order valence-corrected chi connectivity index (χ0v) is 12.3. The smallest absolute Gasteiger partial charge is 0.254 e. The largest absolute Gasteiger partial charge is 0.496 e. The first-order chi connectivity index (χ1) is 9.87. The van der Waals surface area contributed by atoms with Gasteiger partial charge in [-0.3, -0.25) is 9.59 Å². The van der Waals surface area contributed by atoms with Crippen molar-refractivity contribution in [1.29, 1.82) is 0 Å². The summed E-state index contributed by atoms with van der Waals surface area (Å²) in [5.74, 6) is -0.405. The second kappa shape index (κ2) is 5.73. The van der Waals surface area contributed by atoms with Crippen molar-refractivity contribution in [2.45, 2.75) is 25.4 Å². The lowest BCUT2D eigenvalue weighted by atomic mass is 9.91. The van der Waals surface area contributed by atoms with E-state index in [1.54, 1.807) is 25.3 Å². The van der Waals surface area contributed by atoms with E-state index in [9.17, 15) is 14.7 Å². The lowest BCUT2D eigenvalue weighted by Gasteiger charge is -2.37. The average molecular weight is 292 g/mol. The molecule has 0 unspecified atom stereocenters. The summed E-state index contributed by atoms with van der Waals surface area (Å²) in [7, 11) is 1.54. The molecule has 1 heterocycles. The van der Waals surface area contributed by atoms with Gasteiger partial charge in [0.1, 0.15) is 5.75 Å². The molecule has 1 aliphatic heterocycles. The van der Waals surface area contributed by atoms with E-state index < -0.39 is 11.5 Å². The van der Waals surface area contributed by atoms with Crippen LogP contribution in [0.2, 0.25) is 0 Å². The molecule has 114 valence electrons. The van der Waals surface area contributed by atoms with Crippen molar-refractivity contribution in [2.75, 3.05) is 20.2 Å². The third kappa shape index (κ3) is 3.00. The highest BCUT2D eigenvalue weighted by molar-refractivity contribution is 5.95. The van der Waals surface area contributed by atoms with E-state index in [1.165, 1.54) is 4.90 Å². The van der Waals surface area contributed by atoms with Crippen LogP contribution in [-0.4, -0.2) is 47.6 Å². The molecule has 1 saturated heterocycles. The zero-order chi connectivity index (χ0) is 15.6. The number of aryl methyl sites for hydroxylation is 1. The maximum atomic E-state index is 12.5. The van der Waals surface area contributed by atoms with Crippen molar-refractivity contribution in [3.05, 3.63) is 29.3 Å². The summed E-state index contributed by atoms with van der Waals surface area (Å²) in [4.78, 5) is 25.3. The number of rotatable bonds is 3. The van der Waals surface area contributed by atoms with Crippen LogP contribution < -0.4 is 10.5 Å². The highest BCUT2D eigenvalue weighted by Crippen LogP contribution is 2.24. The second-order valence-corrected chi connectivity index (χ2v) is 5.41. The topological polar surface area (TPSA) is 92.9 Å². The van der Waals surface area contributed by atoms with Gasteiger partial charge in [0.25, 0.3) is 11.8 Å². The van der Waals surface area contributed by atoms with Gasteiger partial charge in [0.15, 0.2) is 5.60 Å². The summed E-state index contributed by atoms with van der Waals surface area (Å²) in [6, 6.07) is 5.17. The van der Waals surface area contributed by atoms with Crippen molar-refractivity contribution < 1.29 is 19.4 Å². The molecule has 3 N–H and O–H groups in total. The number of nitrogens with zero attached hydrogens (tertiary/aromatic N) is 1. The number of primary amides is 1. The van der Waals surface area contributed by atoms with Crippen LogP contribution in [0.5, 0.6) is 5.75 Å². The monoisotopic (exact) mass is 292 g/mol. The third-order valence-corrected chi connectivity index (χ3v) is 3.87. The fourth-order valence-electron chi connectivity index (χ4n) is 2.55. The number of ether oxygens (including phenoxy) is 1. The Morgan fingerprint density at radius 3 is 2.76 bits per heavy atom. The Hall–Kier alpha value is -2.08. The Kier molecular flexibility index (Phi) is 4.18. The van der Waals surface area contributed by atoms with Crippen molar-refractivity contribution >= 4 is 11.8 Å². The number of amides is 2. The number of benzene rings is 1. The Bertz CT molecular complexity index is 573. The number of piperidine rings is 1. The number of likely N-dealkylation sites (tertiary alicyclic amines) is 1. The molecule has 0 saturated carbocycles. The van der Waals surface area contributed by atoms with Crippen LogP contribution in [0.25, 0.3) is 0 Å². The molecule has 2 rings (SSSR count). The maximum absolute atomic E-state index is 12.5. The Morgan fingerprint density at radius 2 is 2.14 bits per heavy atom. The molecule has 0 aliphatic carbocycles. The van der Waals surface area contributed by atoms with Crippen LogP contribution in [0.15, 0.2) is 18.2 Å². The van der Waals surface area contributed by atoms with Crippen molar-refractivity contribution in [3.63, 3.8) is 0 Å². The molecular weight excluding hydrogens is 272 g/mol. The van der Waals surface area contributed by atoms with Crippen LogP contribution in [0.3, 0.4) is 0 Å². The zero-order valence-electron chi connectivity index (χ0n) is 12.3. The van der Waals surface area contributed by atoms with Crippen LogP contribution >= 0.6 is 0 Å². The molecule has 6 nitrogen and oxygen atoms in total. The minimum atomic E-state index is -1.64. The van der Waals surface area contributed by atoms with Gasteiger partial charge in [-0.2, -0.15) is 0 Å². The molecule has 1 atom stereocenters. The first-order valence-corrected chi connectivity index (χ1v) is 6.83. The van der Waals surface area contributed by atoms with E-state index in [0.717, 1.165) is 5.56 Å². The molecular formula is C15H20N2O4. The third-order valence-electron chi connectivity index (χ3n) is 3.87. The summed E-state index contributed by atoms with van der Waals surface area (Å²) >= 11 is 0. The molecule has 0 spiro atoms. The lowest BCUT2D eigenvalue weighted by Crippen LogP contribution is -2.57. The predicted molar refractivity (Wildman–Crippen MR) is 77.0 cm³/mol. The van der Waals surface area contributed by atoms with E-state index in [2.05, 4.69) is 0 Å². The second-order valence-electron chi connectivity index (χ2n) is 5.41. The highest BCUT2D eigenvalue weighted by atomic mass is 16.5. The summed E-state index contributed by atoms with van der Waals surface area (Å²) in [5.41, 5.74) is 4.98. The molecule has 1 aromatic rings. The summed E-state index contributed by atoms with van der Waals surface area (Å²) in [5, 5.41) is 10.2. The van der Waals surface area contributed by atoms with Crippen molar-refractivity contribution in [1.82, 2.24) is 4.90 Å². The molecule has 0 aromatic heterocycles. The minimum absolute atomic E-state index is 0.0721. The molecule has 2 amide bonds. The Morgan fingerprint density at radius 1 is 1.43 bits per heavy atom. The maximum Gasteiger partial charge on any atom is 0.254 e. The van der Waals surface area contributed by atoms with Gasteiger partial charge in [0.2, 0.25) is 0 Å². The number of nitrogens with two attached hydrogens (primary N) is 1. The number of hydrogen-bond donors (Lipinski definition) is 2. The molecule has 1 fully saturated rings. The molecule has 21 heavy (non-hydrogen) atoms. The van der Waals surface area contributed by atoms with Gasteiger partial charge >= 0.3 is 0 Å². The number of β-amino-alcohol motifs (C(OH)–C–C–N with tert-alkyl or cyclic N) is 1. The number of hydrogen-bond acceptors (Lipinski definition) is 4. The van der Waals surface area contributed by atoms with Gasteiger partial charge in [0, 0.05) is 12.1 Å². The summed E-state index contributed by atoms with van der Waals surface area (Å²) < 4.78 is 5.21. The van der Waals surface area contributed by atoms with Crippen molar-refractivity contribution in [3.8, 4) is 5.75 Å². The summed E-state index contributed by atoms with van der Waals surface area (Å²) in [6.45, 7) is 2.31. The quantitative estimate of drug-likeness (QED) is 0.846. The molecule has 1 aromatic carbocycles. The van der Waals surface area contributed by atoms with Gasteiger partial charge < -0.3 is 20.5 Å². The normalized spacial score (nSPS) is 22.0. The SMILES string of the molecule is COc1cc(C(=O)N2CCC[C@@](O)(C(N)=O)C2)ccc1C. The van der Waals surface area contributed by atoms with E-state index >= 15 is 0 Å². The van der Waals surface area contributed by atoms with Gasteiger partial charge in [-0.15, -0.1) is 0 Å². The first-order valence-electron chi connectivity index (χ1n) is 6.83. The van der Waals surface area contributed by atoms with Crippen molar-refractivity contribution in [2.24, 2.45) is 5.73 Å². The average Bonchev–Trinajstić information content (AvgIpc) is 2.47. The fraction of sp³-hybridized carbons (Fsp3) is 0.467. The minimum Gasteiger partial charge on any atom is -0.496 e. The van der Waals surface area contributed by atoms with Crippen LogP contribution in [0.4, 0.5) is 0 Å². The molecule has 1 aliphatic rings. The fourth-order valence-corrected chi connectivity index (χ4v) is 2.55. The first kappa shape index (κ1) is 15.3. The van der Waals surface area contributed by atoms with Gasteiger partial charge in [-0.25, -0.2) is 0 Å². The van der Waals surface area contributed by atoms with Gasteiger partial charge in [-0.05, 0) is 37.5 Å². The van der Waals surface area contributed by atoms with E-state index in [-0.39, 0.29) is 18.9 Å². The van der Waals surface area contributed by atoms with Crippen LogP contribution in [0, 0.1) is 6.92 Å². The van der Waals surface area contributed by atoms with E-state index in [4.69, 9.17) is 10.5 Å². The number of aliphatic hydroxyl groups is 1. The molecule has 0 radical (unpaired) electrons. The predicted octanol–water partition coefficient (Wildman–Crippen LogP) is 0.456. The standard InChI is InChI=1S/C15H20N2O4/c1-10-4-5-11(8-12(10)21-2)13(18)17-7-3-6-15(20,9-17)14(16)19/h4-5,8,20H,3,6-7,9H2,1-2H3,(H2,16,19)/t15-/m0/s1. The summed E-state index contributed by atoms with van der Waals surface area (Å²) in [6.07, 6.45) is 0.817. The van der Waals surface area contributed by atoms with Gasteiger partial charge in [0.05, 0.1) is 13.7 Å². The number of carbonyl (C=O) groups is 2. The number of carbonyl (C=O) groups excluding carboxylic acids is 2. The molecule has 0 bridgehead atoms. The molecule has 6 heteroatoms. The van der Waals surface area contributed by atoms with Gasteiger partial charge in [-0.1, -0.05) is 6.07 Å². The highest BCUT2D eigenvalue weighted by Gasteiger charge is 2.40. The Labute approximate surface area is 123 Å². The van der Waals surface area contributed by atoms with E-state index in [1.807, 2.05) is 6.92 Å².